The summed E-state index contributed by atoms with van der Waals surface area (Å²) in [6, 6.07) is 19.6. The summed E-state index contributed by atoms with van der Waals surface area (Å²) in [5.41, 5.74) is 4.76. The van der Waals surface area contributed by atoms with E-state index in [0.29, 0.717) is 12.3 Å². The summed E-state index contributed by atoms with van der Waals surface area (Å²) in [7, 11) is 0. The number of nitrogens with one attached hydrogen (secondary N) is 1. The van der Waals surface area contributed by atoms with E-state index < -0.39 is 0 Å². The van der Waals surface area contributed by atoms with Gasteiger partial charge < -0.3 is 9.73 Å². The SMILES string of the molecule is Cc1nn(-c2ccccc2)c(C)c1CNC(=O)/C=C/c1cc2ccccc2o1. The molecule has 28 heavy (non-hydrogen) atoms. The average molecular weight is 371 g/mol. The first-order valence-electron chi connectivity index (χ1n) is 9.17. The average Bonchev–Trinajstić information content (AvgIpc) is 3.26. The Labute approximate surface area is 163 Å². The van der Waals surface area contributed by atoms with Crippen LogP contribution in [-0.4, -0.2) is 15.7 Å². The lowest BCUT2D eigenvalue weighted by Gasteiger charge is -2.06. The monoisotopic (exact) mass is 371 g/mol. The number of carbonyl (C=O) groups excluding carboxylic acids is 1. The first-order chi connectivity index (χ1) is 13.6. The minimum Gasteiger partial charge on any atom is -0.457 e. The van der Waals surface area contributed by atoms with Gasteiger partial charge in [-0.3, -0.25) is 4.79 Å². The van der Waals surface area contributed by atoms with Gasteiger partial charge in [-0.2, -0.15) is 5.10 Å². The number of nitrogens with zero attached hydrogens (tertiary/aromatic N) is 2. The lowest BCUT2D eigenvalue weighted by Crippen LogP contribution is -2.21. The van der Waals surface area contributed by atoms with Crippen LogP contribution in [0.2, 0.25) is 0 Å². The van der Waals surface area contributed by atoms with Gasteiger partial charge in [-0.05, 0) is 44.2 Å². The quantitative estimate of drug-likeness (QED) is 0.523. The summed E-state index contributed by atoms with van der Waals surface area (Å²) >= 11 is 0. The predicted octanol–water partition coefficient (Wildman–Crippen LogP) is 4.56. The van der Waals surface area contributed by atoms with Crippen LogP contribution in [0.25, 0.3) is 22.7 Å². The molecule has 0 saturated heterocycles. The van der Waals surface area contributed by atoms with Gasteiger partial charge in [-0.25, -0.2) is 4.68 Å². The summed E-state index contributed by atoms with van der Waals surface area (Å²) in [5, 5.41) is 8.55. The Hall–Kier alpha value is -3.60. The first kappa shape index (κ1) is 17.8. The van der Waals surface area contributed by atoms with Gasteiger partial charge in [-0.15, -0.1) is 0 Å². The Kier molecular flexibility index (Phi) is 4.81. The third-order valence-electron chi connectivity index (χ3n) is 4.72. The topological polar surface area (TPSA) is 60.1 Å². The van der Waals surface area contributed by atoms with Gasteiger partial charge in [0.1, 0.15) is 11.3 Å². The largest absolute Gasteiger partial charge is 0.457 e. The summed E-state index contributed by atoms with van der Waals surface area (Å²) in [4.78, 5) is 12.2. The van der Waals surface area contributed by atoms with E-state index in [2.05, 4.69) is 10.4 Å². The molecule has 2 heterocycles. The molecule has 0 aliphatic carbocycles. The normalized spacial score (nSPS) is 11.4. The Morgan fingerprint density at radius 1 is 1.11 bits per heavy atom. The minimum atomic E-state index is -0.174. The molecule has 140 valence electrons. The van der Waals surface area contributed by atoms with Crippen LogP contribution >= 0.6 is 0 Å². The van der Waals surface area contributed by atoms with Crippen LogP contribution in [0.15, 0.2) is 71.2 Å². The molecule has 0 radical (unpaired) electrons. The van der Waals surface area contributed by atoms with Crippen LogP contribution in [0.5, 0.6) is 0 Å². The van der Waals surface area contributed by atoms with E-state index in [1.807, 2.05) is 79.2 Å². The Balaban J connectivity index is 1.44. The smallest absolute Gasteiger partial charge is 0.244 e. The van der Waals surface area contributed by atoms with Gasteiger partial charge in [0.05, 0.1) is 11.4 Å². The zero-order valence-electron chi connectivity index (χ0n) is 15.8. The molecular formula is C23H21N3O2. The van der Waals surface area contributed by atoms with Crippen LogP contribution in [0.1, 0.15) is 22.7 Å². The fraction of sp³-hybridized carbons (Fsp3) is 0.130. The molecule has 1 N–H and O–H groups in total. The van der Waals surface area contributed by atoms with E-state index >= 15 is 0 Å². The summed E-state index contributed by atoms with van der Waals surface area (Å²) in [6.45, 7) is 4.39. The maximum Gasteiger partial charge on any atom is 0.244 e. The molecule has 2 aromatic heterocycles. The lowest BCUT2D eigenvalue weighted by atomic mass is 10.2. The Morgan fingerprint density at radius 3 is 2.64 bits per heavy atom. The highest BCUT2D eigenvalue weighted by Crippen LogP contribution is 2.20. The van der Waals surface area contributed by atoms with Crippen molar-refractivity contribution < 1.29 is 9.21 Å². The van der Waals surface area contributed by atoms with E-state index in [1.165, 1.54) is 6.08 Å². The Bertz CT molecular complexity index is 1120. The number of fused-ring (bicyclic) bond motifs is 1. The molecule has 0 fully saturated rings. The molecule has 5 heteroatoms. The minimum absolute atomic E-state index is 0.174. The van der Waals surface area contributed by atoms with Crippen LogP contribution in [-0.2, 0) is 11.3 Å². The van der Waals surface area contributed by atoms with Crippen molar-refractivity contribution in [1.29, 1.82) is 0 Å². The molecule has 0 unspecified atom stereocenters. The molecule has 0 bridgehead atoms. The Morgan fingerprint density at radius 2 is 1.86 bits per heavy atom. The first-order valence-corrected chi connectivity index (χ1v) is 9.17. The number of carbonyl (C=O) groups is 1. The molecule has 5 nitrogen and oxygen atoms in total. The number of aromatic nitrogens is 2. The molecule has 2 aromatic carbocycles. The molecule has 4 rings (SSSR count). The van der Waals surface area contributed by atoms with Gasteiger partial charge in [0.25, 0.3) is 0 Å². The van der Waals surface area contributed by atoms with E-state index in [0.717, 1.165) is 33.6 Å². The molecule has 0 saturated carbocycles. The third-order valence-corrected chi connectivity index (χ3v) is 4.72. The van der Waals surface area contributed by atoms with Gasteiger partial charge >= 0.3 is 0 Å². The van der Waals surface area contributed by atoms with Crippen molar-refractivity contribution in [1.82, 2.24) is 15.1 Å². The fourth-order valence-corrected chi connectivity index (χ4v) is 3.23. The number of hydrogen-bond acceptors (Lipinski definition) is 3. The van der Waals surface area contributed by atoms with Crippen molar-refractivity contribution in [3.8, 4) is 5.69 Å². The van der Waals surface area contributed by atoms with Crippen LogP contribution in [0.3, 0.4) is 0 Å². The molecule has 1 amide bonds. The number of furan rings is 1. The van der Waals surface area contributed by atoms with Crippen molar-refractivity contribution in [2.45, 2.75) is 20.4 Å². The van der Waals surface area contributed by atoms with Gasteiger partial charge in [-0.1, -0.05) is 36.4 Å². The highest BCUT2D eigenvalue weighted by atomic mass is 16.3. The molecular weight excluding hydrogens is 350 g/mol. The summed E-state index contributed by atoms with van der Waals surface area (Å²) < 4.78 is 7.60. The van der Waals surface area contributed by atoms with Crippen molar-refractivity contribution in [2.75, 3.05) is 0 Å². The zero-order valence-corrected chi connectivity index (χ0v) is 15.8. The predicted molar refractivity (Wildman–Crippen MR) is 110 cm³/mol. The van der Waals surface area contributed by atoms with Crippen molar-refractivity contribution >= 4 is 23.0 Å². The lowest BCUT2D eigenvalue weighted by molar-refractivity contribution is -0.116. The second-order valence-electron chi connectivity index (χ2n) is 6.63. The maximum absolute atomic E-state index is 12.2. The van der Waals surface area contributed by atoms with Crippen LogP contribution in [0, 0.1) is 13.8 Å². The number of rotatable bonds is 5. The van der Waals surface area contributed by atoms with Crippen LogP contribution < -0.4 is 5.32 Å². The molecule has 4 aromatic rings. The van der Waals surface area contributed by atoms with Crippen LogP contribution in [0.4, 0.5) is 0 Å². The van der Waals surface area contributed by atoms with E-state index in [-0.39, 0.29) is 5.91 Å². The maximum atomic E-state index is 12.2. The van der Waals surface area contributed by atoms with Gasteiger partial charge in [0.2, 0.25) is 5.91 Å². The van der Waals surface area contributed by atoms with Crippen molar-refractivity contribution in [3.05, 3.63) is 89.5 Å². The van der Waals surface area contributed by atoms with E-state index in [9.17, 15) is 4.79 Å². The summed E-state index contributed by atoms with van der Waals surface area (Å²) in [6.07, 6.45) is 3.17. The van der Waals surface area contributed by atoms with Crippen molar-refractivity contribution in [3.63, 3.8) is 0 Å². The second kappa shape index (κ2) is 7.56. The van der Waals surface area contributed by atoms with Gasteiger partial charge in [0.15, 0.2) is 0 Å². The zero-order chi connectivity index (χ0) is 19.5. The number of para-hydroxylation sites is 2. The number of aryl methyl sites for hydroxylation is 1. The third kappa shape index (κ3) is 3.60. The number of hydrogen-bond donors (Lipinski definition) is 1. The highest BCUT2D eigenvalue weighted by molar-refractivity contribution is 5.92. The van der Waals surface area contributed by atoms with Gasteiger partial charge in [0, 0.05) is 29.3 Å². The molecule has 0 spiro atoms. The number of amides is 1. The van der Waals surface area contributed by atoms with Crippen molar-refractivity contribution in [2.24, 2.45) is 0 Å². The highest BCUT2D eigenvalue weighted by Gasteiger charge is 2.13. The fourth-order valence-electron chi connectivity index (χ4n) is 3.23. The van der Waals surface area contributed by atoms with E-state index in [4.69, 9.17) is 4.42 Å². The molecule has 0 aliphatic heterocycles. The second-order valence-corrected chi connectivity index (χ2v) is 6.63. The molecule has 0 atom stereocenters. The van der Waals surface area contributed by atoms with E-state index in [1.54, 1.807) is 6.08 Å². The number of benzene rings is 2. The molecule has 0 aliphatic rings. The standard InChI is InChI=1S/C23H21N3O2/c1-16-21(17(2)26(25-16)19-9-4-3-5-10-19)15-24-23(27)13-12-20-14-18-8-6-7-11-22(18)28-20/h3-14H,15H2,1-2H3,(H,24,27)/b13-12+. The summed E-state index contributed by atoms with van der Waals surface area (Å²) in [5.74, 6) is 0.479.